The standard InChI is InChI=1S/C16H19N3O2S/c1-11-7-8-22-14(11)10-19-16(21)18-9-12-3-5-13(6-4-12)15(20)17-2/h3-8H,9-10H2,1-2H3,(H,17,20)(H2,18,19,21). The Bertz CT molecular complexity index is 650. The first-order chi connectivity index (χ1) is 10.6. The molecule has 1 aromatic heterocycles. The molecule has 5 nitrogen and oxygen atoms in total. The summed E-state index contributed by atoms with van der Waals surface area (Å²) in [5.41, 5.74) is 2.73. The van der Waals surface area contributed by atoms with Gasteiger partial charge in [-0.1, -0.05) is 12.1 Å². The summed E-state index contributed by atoms with van der Waals surface area (Å²) < 4.78 is 0. The van der Waals surface area contributed by atoms with Crippen molar-refractivity contribution in [3.8, 4) is 0 Å². The molecule has 6 heteroatoms. The number of benzene rings is 1. The SMILES string of the molecule is CNC(=O)c1ccc(CNC(=O)NCc2sccc2C)cc1. The van der Waals surface area contributed by atoms with Gasteiger partial charge in [0.1, 0.15) is 0 Å². The zero-order valence-corrected chi connectivity index (χ0v) is 13.4. The van der Waals surface area contributed by atoms with E-state index >= 15 is 0 Å². The van der Waals surface area contributed by atoms with Gasteiger partial charge in [0.15, 0.2) is 0 Å². The van der Waals surface area contributed by atoms with Crippen LogP contribution in [0.1, 0.15) is 26.4 Å². The summed E-state index contributed by atoms with van der Waals surface area (Å²) in [4.78, 5) is 24.3. The zero-order chi connectivity index (χ0) is 15.9. The van der Waals surface area contributed by atoms with Crippen LogP contribution in [0.5, 0.6) is 0 Å². The average molecular weight is 317 g/mol. The van der Waals surface area contributed by atoms with E-state index in [-0.39, 0.29) is 11.9 Å². The lowest BCUT2D eigenvalue weighted by Gasteiger charge is -2.08. The molecule has 0 aliphatic heterocycles. The number of hydrogen-bond donors (Lipinski definition) is 3. The van der Waals surface area contributed by atoms with Crippen LogP contribution in [-0.4, -0.2) is 19.0 Å². The Morgan fingerprint density at radius 1 is 1.05 bits per heavy atom. The fraction of sp³-hybridized carbons (Fsp3) is 0.250. The number of urea groups is 1. The van der Waals surface area contributed by atoms with E-state index < -0.39 is 0 Å². The molecule has 22 heavy (non-hydrogen) atoms. The van der Waals surface area contributed by atoms with Gasteiger partial charge < -0.3 is 16.0 Å². The average Bonchev–Trinajstić information content (AvgIpc) is 2.95. The number of rotatable bonds is 5. The van der Waals surface area contributed by atoms with Crippen molar-refractivity contribution >= 4 is 23.3 Å². The van der Waals surface area contributed by atoms with Crippen molar-refractivity contribution in [2.75, 3.05) is 7.05 Å². The van der Waals surface area contributed by atoms with Crippen LogP contribution >= 0.6 is 11.3 Å². The summed E-state index contributed by atoms with van der Waals surface area (Å²) >= 11 is 1.63. The fourth-order valence-electron chi connectivity index (χ4n) is 1.91. The molecule has 116 valence electrons. The third-order valence-corrected chi connectivity index (χ3v) is 4.30. The second kappa shape index (κ2) is 7.61. The van der Waals surface area contributed by atoms with E-state index in [1.54, 1.807) is 30.5 Å². The number of hydrogen-bond acceptors (Lipinski definition) is 3. The first-order valence-corrected chi connectivity index (χ1v) is 7.84. The van der Waals surface area contributed by atoms with Gasteiger partial charge in [-0.25, -0.2) is 4.79 Å². The molecule has 2 aromatic rings. The lowest BCUT2D eigenvalue weighted by Crippen LogP contribution is -2.34. The molecule has 0 radical (unpaired) electrons. The molecule has 0 unspecified atom stereocenters. The van der Waals surface area contributed by atoms with Crippen LogP contribution in [-0.2, 0) is 13.1 Å². The Morgan fingerprint density at radius 2 is 1.73 bits per heavy atom. The summed E-state index contributed by atoms with van der Waals surface area (Å²) in [5.74, 6) is -0.122. The molecule has 1 aromatic carbocycles. The molecule has 3 N–H and O–H groups in total. The van der Waals surface area contributed by atoms with Crippen LogP contribution in [0.3, 0.4) is 0 Å². The minimum atomic E-state index is -0.205. The number of aryl methyl sites for hydroxylation is 1. The smallest absolute Gasteiger partial charge is 0.315 e. The van der Waals surface area contributed by atoms with Gasteiger partial charge in [-0.3, -0.25) is 4.79 Å². The number of nitrogens with one attached hydrogen (secondary N) is 3. The second-order valence-electron chi connectivity index (χ2n) is 4.84. The number of carbonyl (C=O) groups excluding carboxylic acids is 2. The van der Waals surface area contributed by atoms with Gasteiger partial charge in [0.25, 0.3) is 5.91 Å². The minimum Gasteiger partial charge on any atom is -0.355 e. The Kier molecular flexibility index (Phi) is 5.55. The molecule has 0 spiro atoms. The maximum Gasteiger partial charge on any atom is 0.315 e. The van der Waals surface area contributed by atoms with Gasteiger partial charge in [0.05, 0.1) is 6.54 Å². The van der Waals surface area contributed by atoms with E-state index in [1.165, 1.54) is 5.56 Å². The largest absolute Gasteiger partial charge is 0.355 e. The Morgan fingerprint density at radius 3 is 2.32 bits per heavy atom. The predicted octanol–water partition coefficient (Wildman–Crippen LogP) is 2.42. The molecular formula is C16H19N3O2S. The molecule has 0 saturated heterocycles. The summed E-state index contributed by atoms with van der Waals surface area (Å²) in [6, 6.07) is 8.96. The molecule has 2 rings (SSSR count). The van der Waals surface area contributed by atoms with Gasteiger partial charge in [0, 0.05) is 24.0 Å². The van der Waals surface area contributed by atoms with Gasteiger partial charge in [-0.05, 0) is 41.6 Å². The van der Waals surface area contributed by atoms with Crippen LogP contribution in [0.25, 0.3) is 0 Å². The Hall–Kier alpha value is -2.34. The number of carbonyl (C=O) groups is 2. The topological polar surface area (TPSA) is 70.2 Å². The van der Waals surface area contributed by atoms with Crippen LogP contribution in [0.4, 0.5) is 4.79 Å². The first kappa shape index (κ1) is 16.0. The summed E-state index contributed by atoms with van der Waals surface area (Å²) in [5, 5.41) is 10.2. The molecule has 0 aliphatic carbocycles. The maximum atomic E-state index is 11.8. The molecule has 0 aliphatic rings. The van der Waals surface area contributed by atoms with Crippen molar-refractivity contribution in [3.05, 3.63) is 57.3 Å². The third kappa shape index (κ3) is 4.33. The monoisotopic (exact) mass is 317 g/mol. The van der Waals surface area contributed by atoms with Crippen molar-refractivity contribution < 1.29 is 9.59 Å². The van der Waals surface area contributed by atoms with E-state index in [1.807, 2.05) is 30.5 Å². The van der Waals surface area contributed by atoms with Crippen LogP contribution in [0.2, 0.25) is 0 Å². The van der Waals surface area contributed by atoms with Gasteiger partial charge in [-0.15, -0.1) is 11.3 Å². The highest BCUT2D eigenvalue weighted by Crippen LogP contribution is 2.14. The van der Waals surface area contributed by atoms with Gasteiger partial charge in [0.2, 0.25) is 0 Å². The number of amides is 3. The normalized spacial score (nSPS) is 10.1. The van der Waals surface area contributed by atoms with Gasteiger partial charge >= 0.3 is 6.03 Å². The highest BCUT2D eigenvalue weighted by atomic mass is 32.1. The van der Waals surface area contributed by atoms with E-state index in [9.17, 15) is 9.59 Å². The second-order valence-corrected chi connectivity index (χ2v) is 5.84. The maximum absolute atomic E-state index is 11.8. The van der Waals surface area contributed by atoms with E-state index in [0.29, 0.717) is 18.7 Å². The van der Waals surface area contributed by atoms with E-state index in [2.05, 4.69) is 16.0 Å². The zero-order valence-electron chi connectivity index (χ0n) is 12.6. The third-order valence-electron chi connectivity index (χ3n) is 3.27. The molecule has 0 atom stereocenters. The number of thiophene rings is 1. The summed E-state index contributed by atoms with van der Waals surface area (Å²) in [7, 11) is 1.59. The van der Waals surface area contributed by atoms with Crippen molar-refractivity contribution in [1.82, 2.24) is 16.0 Å². The molecule has 0 saturated carbocycles. The van der Waals surface area contributed by atoms with E-state index in [4.69, 9.17) is 0 Å². The molecule has 0 fully saturated rings. The highest BCUT2D eigenvalue weighted by molar-refractivity contribution is 7.10. The van der Waals surface area contributed by atoms with Crippen molar-refractivity contribution in [2.24, 2.45) is 0 Å². The van der Waals surface area contributed by atoms with Crippen molar-refractivity contribution in [1.29, 1.82) is 0 Å². The van der Waals surface area contributed by atoms with Crippen molar-refractivity contribution in [3.63, 3.8) is 0 Å². The lowest BCUT2D eigenvalue weighted by molar-refractivity contribution is 0.0963. The Balaban J connectivity index is 1.78. The van der Waals surface area contributed by atoms with Crippen LogP contribution in [0.15, 0.2) is 35.7 Å². The van der Waals surface area contributed by atoms with Crippen LogP contribution in [0, 0.1) is 6.92 Å². The lowest BCUT2D eigenvalue weighted by atomic mass is 10.1. The Labute approximate surface area is 133 Å². The minimum absolute atomic E-state index is 0.122. The highest BCUT2D eigenvalue weighted by Gasteiger charge is 2.05. The molecular weight excluding hydrogens is 298 g/mol. The summed E-state index contributed by atoms with van der Waals surface area (Å²) in [6.45, 7) is 2.98. The molecule has 0 bridgehead atoms. The van der Waals surface area contributed by atoms with Crippen molar-refractivity contribution in [2.45, 2.75) is 20.0 Å². The fourth-order valence-corrected chi connectivity index (χ4v) is 2.75. The molecule has 1 heterocycles. The van der Waals surface area contributed by atoms with Gasteiger partial charge in [-0.2, -0.15) is 0 Å². The van der Waals surface area contributed by atoms with E-state index in [0.717, 1.165) is 10.4 Å². The predicted molar refractivity (Wildman–Crippen MR) is 88.0 cm³/mol. The van der Waals surface area contributed by atoms with Crippen LogP contribution < -0.4 is 16.0 Å². The molecule has 3 amide bonds. The first-order valence-electron chi connectivity index (χ1n) is 6.96. The summed E-state index contributed by atoms with van der Waals surface area (Å²) in [6.07, 6.45) is 0. The quantitative estimate of drug-likeness (QED) is 0.792.